The number of alkyl halides is 24. The average Bonchev–Trinajstić information content (AvgIpc) is 3.18. The average molecular weight is 1040 g/mol. The van der Waals surface area contributed by atoms with Gasteiger partial charge in [0.25, 0.3) is 0 Å². The van der Waals surface area contributed by atoms with Crippen LogP contribution in [0.1, 0.15) is 55.6 Å². The van der Waals surface area contributed by atoms with Gasteiger partial charge in [-0.1, -0.05) is 60.7 Å². The molecular weight excluding hydrogens is 1020 g/mol. The van der Waals surface area contributed by atoms with Crippen LogP contribution >= 0.6 is 0 Å². The van der Waals surface area contributed by atoms with Gasteiger partial charge in [-0.15, -0.1) is 0 Å². The highest BCUT2D eigenvalue weighted by molar-refractivity contribution is 7.94. The van der Waals surface area contributed by atoms with E-state index in [0.29, 0.717) is 10.9 Å². The molecule has 0 bridgehead atoms. The van der Waals surface area contributed by atoms with E-state index in [1.165, 1.54) is 5.56 Å². The Kier molecular flexibility index (Phi) is 15.3. The van der Waals surface area contributed by atoms with Gasteiger partial charge in [-0.05, 0) is 47.3 Å². The Morgan fingerprint density at radius 3 is 0.754 bits per heavy atom. The Balaban J connectivity index is 0.000000750. The first-order chi connectivity index (χ1) is 31.0. The quantitative estimate of drug-likeness (QED) is 0.0944. The summed E-state index contributed by atoms with van der Waals surface area (Å²) in [6.07, 6.45) is -50.4. The van der Waals surface area contributed by atoms with Crippen LogP contribution in [0.5, 0.6) is 0 Å². The van der Waals surface area contributed by atoms with Crippen molar-refractivity contribution in [3.05, 3.63) is 153 Å². The molecule has 5 aromatic carbocycles. The highest BCUT2D eigenvalue weighted by Gasteiger charge is 2.47. The topological polar surface area (TPSA) is 23.8 Å². The molecule has 0 aromatic heterocycles. The van der Waals surface area contributed by atoms with Crippen LogP contribution in [-0.2, 0) is 66.1 Å². The molecule has 0 amide bonds. The summed E-state index contributed by atoms with van der Waals surface area (Å²) in [5.74, 6) is 1.08. The zero-order valence-electron chi connectivity index (χ0n) is 33.9. The molecule has 374 valence electrons. The number of nitrogens with zero attached hydrogens (tertiary/aromatic N) is 1. The number of rotatable bonds is 6. The normalized spacial score (nSPS) is 13.5. The van der Waals surface area contributed by atoms with Crippen molar-refractivity contribution in [1.82, 2.24) is 0 Å². The van der Waals surface area contributed by atoms with E-state index in [0.717, 1.165) is 11.3 Å². The minimum Gasteiger partial charge on any atom is -0.194 e. The number of halogens is 24. The third-order valence-corrected chi connectivity index (χ3v) is 10.9. The van der Waals surface area contributed by atoms with E-state index in [4.69, 9.17) is 5.26 Å². The summed E-state index contributed by atoms with van der Waals surface area (Å²) in [6.45, 7) is 0. The first-order valence-corrected chi connectivity index (χ1v) is 20.6. The van der Waals surface area contributed by atoms with Crippen molar-refractivity contribution in [2.75, 3.05) is 12.5 Å². The predicted octanol–water partition coefficient (Wildman–Crippen LogP) is 13.2. The molecule has 27 heteroatoms. The van der Waals surface area contributed by atoms with E-state index in [9.17, 15) is 105 Å². The number of nitriles is 1. The maximum atomic E-state index is 14.2. The van der Waals surface area contributed by atoms with Gasteiger partial charge in [0, 0.05) is 5.56 Å². The molecule has 0 heterocycles. The zero-order valence-corrected chi connectivity index (χ0v) is 34.8. The first kappa shape index (κ1) is 55.9. The van der Waals surface area contributed by atoms with Gasteiger partial charge in [0.15, 0.2) is 0 Å². The molecule has 0 saturated heterocycles. The number of hydrogen-bond donors (Lipinski definition) is 0. The van der Waals surface area contributed by atoms with E-state index < -0.39 is 195 Å². The van der Waals surface area contributed by atoms with Crippen molar-refractivity contribution in [2.24, 2.45) is 0 Å². The summed E-state index contributed by atoms with van der Waals surface area (Å²) in [5, 5.41) is 8.65. The lowest BCUT2D eigenvalue weighted by Crippen LogP contribution is -2.75. The van der Waals surface area contributed by atoms with E-state index >= 15 is 0 Å². The van der Waals surface area contributed by atoms with E-state index in [1.54, 1.807) is 0 Å². The van der Waals surface area contributed by atoms with Crippen LogP contribution in [0.2, 0.25) is 0 Å². The maximum absolute atomic E-state index is 14.2. The monoisotopic (exact) mass is 1040 g/mol. The van der Waals surface area contributed by atoms with E-state index in [1.807, 2.05) is 18.2 Å². The minimum absolute atomic E-state index is 0.414. The Labute approximate surface area is 375 Å². The van der Waals surface area contributed by atoms with Gasteiger partial charge in [0.1, 0.15) is 11.9 Å². The molecule has 1 nitrogen and oxygen atoms in total. The molecule has 0 saturated carbocycles. The van der Waals surface area contributed by atoms with Crippen molar-refractivity contribution >= 4 is 38.9 Å². The molecule has 0 fully saturated rings. The molecule has 0 atom stereocenters. The van der Waals surface area contributed by atoms with Gasteiger partial charge in [0.05, 0.1) is 68.7 Å². The SMILES string of the molecule is C[S+](C)Cc1cccc(C#N)c1.FC(F)(F)c1cc([B-](c2cc(C(F)(F)F)cc(C(F)(F)F)c2)(c2cc(C(F)(F)F)cc(C(F)(F)F)c2)c2cc(C(F)(F)F)cc(C(F)(F)F)c2)cc(C(F)(F)F)c1. The van der Waals surface area contributed by atoms with Crippen LogP contribution in [0.25, 0.3) is 0 Å². The Hall–Kier alpha value is -5.68. The van der Waals surface area contributed by atoms with Crippen LogP contribution in [0.4, 0.5) is 105 Å². The van der Waals surface area contributed by atoms with E-state index in [2.05, 4.69) is 24.6 Å². The lowest BCUT2D eigenvalue weighted by Gasteiger charge is -2.46. The highest BCUT2D eigenvalue weighted by Crippen LogP contribution is 2.41. The Morgan fingerprint density at radius 2 is 0.580 bits per heavy atom. The minimum atomic E-state index is -6.13. The lowest BCUT2D eigenvalue weighted by atomic mass is 9.12. The van der Waals surface area contributed by atoms with Crippen LogP contribution in [0.15, 0.2) is 97.1 Å². The van der Waals surface area contributed by atoms with Crippen LogP contribution in [0, 0.1) is 11.3 Å². The molecule has 0 spiro atoms. The van der Waals surface area contributed by atoms with Crippen molar-refractivity contribution in [3.63, 3.8) is 0 Å². The Morgan fingerprint density at radius 1 is 0.362 bits per heavy atom. The summed E-state index contributed by atoms with van der Waals surface area (Å²) in [5.41, 5.74) is -28.2. The van der Waals surface area contributed by atoms with E-state index in [-0.39, 0.29) is 0 Å². The van der Waals surface area contributed by atoms with Gasteiger partial charge in [-0.2, -0.15) is 132 Å². The summed E-state index contributed by atoms with van der Waals surface area (Å²) in [7, 11) is 0.414. The third kappa shape index (κ3) is 13.4. The van der Waals surface area contributed by atoms with Gasteiger partial charge in [-0.25, -0.2) is 0 Å². The molecule has 5 rings (SSSR count). The van der Waals surface area contributed by atoms with Gasteiger partial charge >= 0.3 is 49.4 Å². The molecule has 5 aromatic rings. The maximum Gasteiger partial charge on any atom is 0.416 e. The van der Waals surface area contributed by atoms with Crippen molar-refractivity contribution in [3.8, 4) is 6.07 Å². The summed E-state index contributed by atoms with van der Waals surface area (Å²) in [6, 6.07) is 1.16. The fourth-order valence-corrected chi connectivity index (χ4v) is 7.98. The van der Waals surface area contributed by atoms with Crippen molar-refractivity contribution in [2.45, 2.75) is 55.2 Å². The predicted molar refractivity (Wildman–Crippen MR) is 204 cm³/mol. The highest BCUT2D eigenvalue weighted by atomic mass is 32.2. The molecule has 0 N–H and O–H groups in total. The summed E-state index contributed by atoms with van der Waals surface area (Å²) >= 11 is 0. The fraction of sp³-hybridized carbons (Fsp3) is 0.262. The van der Waals surface area contributed by atoms with Gasteiger partial charge in [-0.3, -0.25) is 0 Å². The molecule has 0 unspecified atom stereocenters. The van der Waals surface area contributed by atoms with Crippen LogP contribution in [-0.4, -0.2) is 18.7 Å². The fourth-order valence-electron chi connectivity index (χ4n) is 7.13. The van der Waals surface area contributed by atoms with Gasteiger partial charge in [0.2, 0.25) is 0 Å². The standard InChI is InChI=1S/C32H12BF24.C10H12NS/c34-25(35,36)13-1-14(26(37,38)39)6-21(5-13)33(22-7-15(27(40,41)42)2-16(8-22)28(43,44)45,23-9-17(29(46,47)48)3-18(10-23)30(49,50)51)24-11-19(31(52,53)54)4-20(12-24)32(55,56)57;1-12(2)8-10-5-3-4-9(6-10)7-11/h1-12H;3-6H,8H2,1-2H3/q-1;+1. The van der Waals surface area contributed by atoms with Crippen LogP contribution in [0.3, 0.4) is 0 Å². The van der Waals surface area contributed by atoms with Crippen molar-refractivity contribution < 1.29 is 105 Å². The third-order valence-electron chi connectivity index (χ3n) is 9.95. The number of hydrogen-bond acceptors (Lipinski definition) is 1. The van der Waals surface area contributed by atoms with Crippen molar-refractivity contribution in [1.29, 1.82) is 5.26 Å². The molecule has 0 aliphatic heterocycles. The second-order valence-electron chi connectivity index (χ2n) is 15.2. The molecule has 69 heavy (non-hydrogen) atoms. The Bertz CT molecular complexity index is 2250. The molecule has 0 aliphatic rings. The smallest absolute Gasteiger partial charge is 0.194 e. The molecule has 0 radical (unpaired) electrons. The molecule has 0 aliphatic carbocycles. The molecular formula is C42H24BF24NS. The van der Waals surface area contributed by atoms with Gasteiger partial charge < -0.3 is 0 Å². The second kappa shape index (κ2) is 18.9. The largest absolute Gasteiger partial charge is 0.416 e. The van der Waals surface area contributed by atoms with Crippen LogP contribution < -0.4 is 21.9 Å². The zero-order chi connectivity index (χ0) is 52.9. The first-order valence-electron chi connectivity index (χ1n) is 18.4. The second-order valence-corrected chi connectivity index (χ2v) is 17.4. The summed E-state index contributed by atoms with van der Waals surface area (Å²) < 4.78 is 341. The number of benzene rings is 5. The summed E-state index contributed by atoms with van der Waals surface area (Å²) in [4.78, 5) is 0. The lowest BCUT2D eigenvalue weighted by molar-refractivity contribution is -0.144.